The largest absolute Gasteiger partial charge is 0.461 e. The van der Waals surface area contributed by atoms with Gasteiger partial charge < -0.3 is 9.30 Å². The lowest BCUT2D eigenvalue weighted by atomic mass is 9.78. The third-order valence-electron chi connectivity index (χ3n) is 11.8. The fraction of sp³-hybridized carbons (Fsp3) is 0.135. The van der Waals surface area contributed by atoms with E-state index in [9.17, 15) is 5.26 Å². The molecule has 5 aromatic carbocycles. The number of rotatable bonds is 5. The zero-order valence-electron chi connectivity index (χ0n) is 30.9. The number of aromatic nitrogens is 1. The second kappa shape index (κ2) is 13.7. The number of allylic oxidation sites excluding steroid dienone is 8. The third kappa shape index (κ3) is 5.65. The van der Waals surface area contributed by atoms with E-state index >= 15 is 0 Å². The molecule has 3 heteroatoms. The van der Waals surface area contributed by atoms with Gasteiger partial charge in [-0.2, -0.15) is 5.26 Å². The second-order valence-corrected chi connectivity index (χ2v) is 15.0. The molecule has 0 fully saturated rings. The highest BCUT2D eigenvalue weighted by molar-refractivity contribution is 6.01. The Morgan fingerprint density at radius 1 is 0.655 bits per heavy atom. The summed E-state index contributed by atoms with van der Waals surface area (Å²) in [4.78, 5) is 0. The van der Waals surface area contributed by atoms with Gasteiger partial charge in [-0.1, -0.05) is 134 Å². The lowest BCUT2D eigenvalue weighted by Gasteiger charge is -2.29. The van der Waals surface area contributed by atoms with Crippen molar-refractivity contribution in [2.45, 2.75) is 32.6 Å². The maximum atomic E-state index is 10.9. The van der Waals surface area contributed by atoms with Gasteiger partial charge in [0.15, 0.2) is 0 Å². The van der Waals surface area contributed by atoms with Crippen molar-refractivity contribution < 1.29 is 4.74 Å². The van der Waals surface area contributed by atoms with Crippen molar-refractivity contribution in [1.82, 2.24) is 4.57 Å². The molecule has 0 bridgehead atoms. The SMILES string of the molecule is CC1CC=CC2=C1c1cc(-c3ccccc3)c(-c3ccccc3)cc1C1=C(CCc3c1ccn3C1=C(c3ccccc3)C=C(c3ccccc3)CC1C#N)O2. The molecule has 6 aromatic rings. The van der Waals surface area contributed by atoms with Crippen molar-refractivity contribution in [3.63, 3.8) is 0 Å². The molecule has 264 valence electrons. The fourth-order valence-electron chi connectivity index (χ4n) is 9.19. The first-order valence-electron chi connectivity index (χ1n) is 19.4. The quantitative estimate of drug-likeness (QED) is 0.179. The minimum Gasteiger partial charge on any atom is -0.461 e. The van der Waals surface area contributed by atoms with Crippen LogP contribution in [0.4, 0.5) is 0 Å². The summed E-state index contributed by atoms with van der Waals surface area (Å²) in [6.07, 6.45) is 12.2. The van der Waals surface area contributed by atoms with E-state index in [1.807, 2.05) is 6.07 Å². The molecule has 2 heterocycles. The molecule has 1 aromatic heterocycles. The summed E-state index contributed by atoms with van der Waals surface area (Å²) in [6.45, 7) is 2.32. The first kappa shape index (κ1) is 33.0. The van der Waals surface area contributed by atoms with E-state index in [0.717, 1.165) is 58.8 Å². The third-order valence-corrected chi connectivity index (χ3v) is 11.8. The van der Waals surface area contributed by atoms with E-state index < -0.39 is 0 Å². The molecular formula is C52H40N2O. The van der Waals surface area contributed by atoms with Crippen molar-refractivity contribution in [2.75, 3.05) is 0 Å². The molecular weight excluding hydrogens is 669 g/mol. The molecule has 1 aliphatic heterocycles. The van der Waals surface area contributed by atoms with E-state index in [0.29, 0.717) is 12.3 Å². The van der Waals surface area contributed by atoms with E-state index in [1.165, 1.54) is 55.8 Å². The molecule has 0 saturated carbocycles. The van der Waals surface area contributed by atoms with Crippen LogP contribution in [0.5, 0.6) is 0 Å². The van der Waals surface area contributed by atoms with Crippen LogP contribution < -0.4 is 0 Å². The Labute approximate surface area is 323 Å². The van der Waals surface area contributed by atoms with Crippen molar-refractivity contribution >= 4 is 28.0 Å². The van der Waals surface area contributed by atoms with Crippen molar-refractivity contribution in [3.8, 4) is 28.3 Å². The predicted octanol–water partition coefficient (Wildman–Crippen LogP) is 12.9. The highest BCUT2D eigenvalue weighted by atomic mass is 16.5. The number of ether oxygens (including phenoxy) is 1. The lowest BCUT2D eigenvalue weighted by Crippen LogP contribution is -2.18. The van der Waals surface area contributed by atoms with Gasteiger partial charge in [0.25, 0.3) is 0 Å². The summed E-state index contributed by atoms with van der Waals surface area (Å²) < 4.78 is 9.41. The van der Waals surface area contributed by atoms with E-state index in [2.05, 4.69) is 175 Å². The summed E-state index contributed by atoms with van der Waals surface area (Å²) in [7, 11) is 0. The number of hydrogen-bond donors (Lipinski definition) is 0. The van der Waals surface area contributed by atoms with Crippen LogP contribution in [0.2, 0.25) is 0 Å². The van der Waals surface area contributed by atoms with Crippen LogP contribution in [0.25, 0.3) is 50.2 Å². The van der Waals surface area contributed by atoms with Crippen molar-refractivity contribution in [2.24, 2.45) is 11.8 Å². The van der Waals surface area contributed by atoms with Gasteiger partial charge >= 0.3 is 0 Å². The normalized spacial score (nSPS) is 18.7. The Kier molecular flexibility index (Phi) is 8.19. The van der Waals surface area contributed by atoms with Crippen LogP contribution >= 0.6 is 0 Å². The van der Waals surface area contributed by atoms with Gasteiger partial charge in [-0.3, -0.25) is 0 Å². The number of nitrogens with zero attached hydrogens (tertiary/aromatic N) is 2. The molecule has 3 nitrogen and oxygen atoms in total. The van der Waals surface area contributed by atoms with Gasteiger partial charge in [-0.05, 0) is 106 Å². The van der Waals surface area contributed by atoms with E-state index in [1.54, 1.807) is 0 Å². The Morgan fingerprint density at radius 3 is 1.89 bits per heavy atom. The summed E-state index contributed by atoms with van der Waals surface area (Å²) in [5.74, 6) is 1.96. The highest BCUT2D eigenvalue weighted by Crippen LogP contribution is 2.51. The summed E-state index contributed by atoms with van der Waals surface area (Å²) in [6, 6.07) is 52.5. The van der Waals surface area contributed by atoms with Gasteiger partial charge in [0.1, 0.15) is 11.5 Å². The molecule has 2 unspecified atom stereocenters. The molecule has 0 spiro atoms. The van der Waals surface area contributed by atoms with E-state index in [-0.39, 0.29) is 5.92 Å². The maximum Gasteiger partial charge on any atom is 0.130 e. The molecule has 3 aliphatic carbocycles. The maximum absolute atomic E-state index is 10.9. The predicted molar refractivity (Wildman–Crippen MR) is 225 cm³/mol. The zero-order valence-corrected chi connectivity index (χ0v) is 30.9. The van der Waals surface area contributed by atoms with Gasteiger partial charge in [-0.25, -0.2) is 0 Å². The molecule has 0 amide bonds. The number of fused-ring (bicyclic) bond motifs is 5. The van der Waals surface area contributed by atoms with Crippen molar-refractivity contribution in [3.05, 3.63) is 209 Å². The molecule has 0 saturated heterocycles. The van der Waals surface area contributed by atoms with E-state index in [4.69, 9.17) is 4.74 Å². The minimum atomic E-state index is -0.321. The monoisotopic (exact) mass is 708 g/mol. The van der Waals surface area contributed by atoms with Crippen LogP contribution in [0.15, 0.2) is 175 Å². The highest BCUT2D eigenvalue weighted by Gasteiger charge is 2.36. The standard InChI is InChI=1S/C52H40N2O/c1-34-15-14-24-48-50(34)45-31-42(36-18-8-3-9-19-36)43(37-20-10-4-11-21-37)32-46(45)51-41-27-28-54(47(41)25-26-49(51)55-48)52-40(33-53)29-39(35-16-6-2-7-17-35)30-44(52)38-22-12-5-13-23-38/h2-14,16-24,27-28,30-32,34,40H,15,25-26,29H2,1H3. The van der Waals surface area contributed by atoms with Crippen LogP contribution in [0.1, 0.15) is 59.7 Å². The molecule has 10 rings (SSSR count). The van der Waals surface area contributed by atoms with Gasteiger partial charge in [0.2, 0.25) is 0 Å². The molecule has 0 N–H and O–H groups in total. The van der Waals surface area contributed by atoms with Gasteiger partial charge in [0.05, 0.1) is 12.0 Å². The smallest absolute Gasteiger partial charge is 0.130 e. The number of nitriles is 1. The molecule has 4 aliphatic rings. The Balaban J connectivity index is 1.22. The Hall–Kier alpha value is -6.63. The fourth-order valence-corrected chi connectivity index (χ4v) is 9.19. The van der Waals surface area contributed by atoms with Gasteiger partial charge in [-0.15, -0.1) is 0 Å². The molecule has 0 radical (unpaired) electrons. The van der Waals surface area contributed by atoms with Crippen LogP contribution in [-0.2, 0) is 11.2 Å². The Bertz CT molecular complexity index is 2660. The average Bonchev–Trinajstić information content (AvgIpc) is 3.61. The van der Waals surface area contributed by atoms with Crippen molar-refractivity contribution in [1.29, 1.82) is 5.26 Å². The van der Waals surface area contributed by atoms with Crippen LogP contribution in [0.3, 0.4) is 0 Å². The first-order chi connectivity index (χ1) is 27.2. The summed E-state index contributed by atoms with van der Waals surface area (Å²) in [5.41, 5.74) is 17.7. The number of hydrogen-bond acceptors (Lipinski definition) is 2. The number of benzene rings is 5. The minimum absolute atomic E-state index is 0.304. The van der Waals surface area contributed by atoms with Crippen LogP contribution in [0, 0.1) is 23.2 Å². The second-order valence-electron chi connectivity index (χ2n) is 15.0. The average molecular weight is 709 g/mol. The summed E-state index contributed by atoms with van der Waals surface area (Å²) >= 11 is 0. The Morgan fingerprint density at radius 2 is 1.25 bits per heavy atom. The molecule has 55 heavy (non-hydrogen) atoms. The summed E-state index contributed by atoms with van der Waals surface area (Å²) in [5, 5.41) is 10.9. The topological polar surface area (TPSA) is 38.0 Å². The lowest BCUT2D eigenvalue weighted by molar-refractivity contribution is 0.303. The molecule has 2 atom stereocenters. The van der Waals surface area contributed by atoms with Crippen LogP contribution in [-0.4, -0.2) is 4.57 Å². The zero-order chi connectivity index (χ0) is 36.9. The first-order valence-corrected chi connectivity index (χ1v) is 19.4. The van der Waals surface area contributed by atoms with Gasteiger partial charge in [0, 0.05) is 46.3 Å².